The predicted molar refractivity (Wildman–Crippen MR) is 78.6 cm³/mol. The van der Waals surface area contributed by atoms with Gasteiger partial charge in [-0.05, 0) is 58.7 Å². The fourth-order valence-corrected chi connectivity index (χ4v) is 2.06. The number of rotatable bonds is 9. The molecule has 0 bridgehead atoms. The Kier molecular flexibility index (Phi) is 7.65. The molecule has 18 heavy (non-hydrogen) atoms. The first-order chi connectivity index (χ1) is 8.72. The number of hydrogen-bond acceptors (Lipinski definition) is 3. The van der Waals surface area contributed by atoms with Crippen LogP contribution in [-0.4, -0.2) is 50.1 Å². The second kappa shape index (κ2) is 9.09. The van der Waals surface area contributed by atoms with Gasteiger partial charge in [0.05, 0.1) is 0 Å². The molecule has 0 saturated heterocycles. The summed E-state index contributed by atoms with van der Waals surface area (Å²) in [5, 5.41) is 0. The Labute approximate surface area is 112 Å². The van der Waals surface area contributed by atoms with Gasteiger partial charge in [-0.2, -0.15) is 0 Å². The Morgan fingerprint density at radius 1 is 0.889 bits per heavy atom. The van der Waals surface area contributed by atoms with Crippen LogP contribution in [0.5, 0.6) is 0 Å². The zero-order valence-corrected chi connectivity index (χ0v) is 11.8. The predicted octanol–water partition coefficient (Wildman–Crippen LogP) is 1.79. The van der Waals surface area contributed by atoms with E-state index in [9.17, 15) is 0 Å². The van der Waals surface area contributed by atoms with E-state index >= 15 is 0 Å². The van der Waals surface area contributed by atoms with Crippen LogP contribution in [0.25, 0.3) is 0 Å². The summed E-state index contributed by atoms with van der Waals surface area (Å²) in [6.07, 6.45) is 2.31. The first kappa shape index (κ1) is 15.2. The molecular weight excluding hydrogens is 222 g/mol. The van der Waals surface area contributed by atoms with Crippen molar-refractivity contribution in [3.8, 4) is 0 Å². The number of nitrogens with two attached hydrogens (primary N) is 1. The van der Waals surface area contributed by atoms with Crippen LogP contribution in [0, 0.1) is 0 Å². The van der Waals surface area contributed by atoms with Crippen molar-refractivity contribution in [3.05, 3.63) is 35.9 Å². The van der Waals surface area contributed by atoms with Crippen LogP contribution >= 0.6 is 0 Å². The molecule has 0 aliphatic rings. The fourth-order valence-electron chi connectivity index (χ4n) is 2.06. The summed E-state index contributed by atoms with van der Waals surface area (Å²) in [6.45, 7) is 5.23. The Morgan fingerprint density at radius 3 is 2.17 bits per heavy atom. The second-order valence-corrected chi connectivity index (χ2v) is 5.02. The van der Waals surface area contributed by atoms with Crippen molar-refractivity contribution in [1.29, 1.82) is 0 Å². The lowest BCUT2D eigenvalue weighted by Gasteiger charge is -2.20. The highest BCUT2D eigenvalue weighted by Gasteiger charge is 2.01. The molecule has 0 spiro atoms. The summed E-state index contributed by atoms with van der Waals surface area (Å²) < 4.78 is 0. The zero-order chi connectivity index (χ0) is 13.2. The minimum Gasteiger partial charge on any atom is -0.330 e. The zero-order valence-electron chi connectivity index (χ0n) is 11.8. The van der Waals surface area contributed by atoms with Crippen molar-refractivity contribution in [2.75, 3.05) is 40.3 Å². The Morgan fingerprint density at radius 2 is 1.50 bits per heavy atom. The average Bonchev–Trinajstić information content (AvgIpc) is 2.37. The summed E-state index contributed by atoms with van der Waals surface area (Å²) in [7, 11) is 4.36. The van der Waals surface area contributed by atoms with Crippen LogP contribution in [0.15, 0.2) is 30.3 Å². The lowest BCUT2D eigenvalue weighted by atomic mass is 10.2. The molecule has 0 aliphatic heterocycles. The van der Waals surface area contributed by atoms with Crippen molar-refractivity contribution in [3.63, 3.8) is 0 Å². The molecule has 0 heterocycles. The molecule has 1 rings (SSSR count). The SMILES string of the molecule is CN(CCCN)CCCN(C)Cc1ccccc1. The van der Waals surface area contributed by atoms with E-state index in [1.807, 2.05) is 0 Å². The summed E-state index contributed by atoms with van der Waals surface area (Å²) in [6, 6.07) is 10.6. The first-order valence-corrected chi connectivity index (χ1v) is 6.83. The van der Waals surface area contributed by atoms with E-state index in [4.69, 9.17) is 5.73 Å². The molecule has 3 nitrogen and oxygen atoms in total. The van der Waals surface area contributed by atoms with Gasteiger partial charge < -0.3 is 15.5 Å². The molecule has 0 atom stereocenters. The molecular formula is C15H27N3. The molecule has 2 N–H and O–H groups in total. The molecule has 0 aliphatic carbocycles. The van der Waals surface area contributed by atoms with Gasteiger partial charge in [0, 0.05) is 6.54 Å². The Hall–Kier alpha value is -0.900. The van der Waals surface area contributed by atoms with Crippen molar-refractivity contribution in [1.82, 2.24) is 9.80 Å². The van der Waals surface area contributed by atoms with Gasteiger partial charge in [0.2, 0.25) is 0 Å². The van der Waals surface area contributed by atoms with Crippen LogP contribution in [0.3, 0.4) is 0 Å². The summed E-state index contributed by atoms with van der Waals surface area (Å²) in [5.74, 6) is 0. The molecule has 0 fully saturated rings. The highest BCUT2D eigenvalue weighted by atomic mass is 15.1. The van der Waals surface area contributed by atoms with E-state index in [0.717, 1.165) is 39.1 Å². The summed E-state index contributed by atoms with van der Waals surface area (Å²) in [4.78, 5) is 4.75. The molecule has 0 unspecified atom stereocenters. The van der Waals surface area contributed by atoms with E-state index in [1.54, 1.807) is 0 Å². The topological polar surface area (TPSA) is 32.5 Å². The van der Waals surface area contributed by atoms with Gasteiger partial charge in [-0.25, -0.2) is 0 Å². The quantitative estimate of drug-likeness (QED) is 0.724. The van der Waals surface area contributed by atoms with Crippen molar-refractivity contribution in [2.45, 2.75) is 19.4 Å². The molecule has 0 saturated carbocycles. The van der Waals surface area contributed by atoms with Gasteiger partial charge >= 0.3 is 0 Å². The lowest BCUT2D eigenvalue weighted by molar-refractivity contribution is 0.273. The van der Waals surface area contributed by atoms with Crippen LogP contribution < -0.4 is 5.73 Å². The third-order valence-electron chi connectivity index (χ3n) is 3.12. The molecule has 1 aromatic rings. The van der Waals surface area contributed by atoms with Gasteiger partial charge in [0.15, 0.2) is 0 Å². The normalized spacial score (nSPS) is 11.4. The van der Waals surface area contributed by atoms with E-state index in [1.165, 1.54) is 12.0 Å². The van der Waals surface area contributed by atoms with Gasteiger partial charge in [0.25, 0.3) is 0 Å². The van der Waals surface area contributed by atoms with Crippen LogP contribution in [0.4, 0.5) is 0 Å². The summed E-state index contributed by atoms with van der Waals surface area (Å²) >= 11 is 0. The second-order valence-electron chi connectivity index (χ2n) is 5.02. The van der Waals surface area contributed by atoms with Crippen molar-refractivity contribution < 1.29 is 0 Å². The highest BCUT2D eigenvalue weighted by Crippen LogP contribution is 2.03. The fraction of sp³-hybridized carbons (Fsp3) is 0.600. The largest absolute Gasteiger partial charge is 0.330 e. The molecule has 102 valence electrons. The smallest absolute Gasteiger partial charge is 0.0230 e. The standard InChI is InChI=1S/C15H27N3/c1-17(11-6-10-16)12-7-13-18(2)14-15-8-4-3-5-9-15/h3-5,8-9H,6-7,10-14,16H2,1-2H3. The van der Waals surface area contributed by atoms with Crippen molar-refractivity contribution in [2.24, 2.45) is 5.73 Å². The van der Waals surface area contributed by atoms with E-state index in [2.05, 4.69) is 54.2 Å². The molecule has 0 amide bonds. The van der Waals surface area contributed by atoms with Gasteiger partial charge in [-0.1, -0.05) is 30.3 Å². The maximum Gasteiger partial charge on any atom is 0.0230 e. The molecule has 0 aromatic heterocycles. The van der Waals surface area contributed by atoms with E-state index < -0.39 is 0 Å². The number of nitrogens with zero attached hydrogens (tertiary/aromatic N) is 2. The minimum atomic E-state index is 0.790. The third kappa shape index (κ3) is 6.74. The maximum atomic E-state index is 5.50. The highest BCUT2D eigenvalue weighted by molar-refractivity contribution is 5.14. The van der Waals surface area contributed by atoms with E-state index in [-0.39, 0.29) is 0 Å². The van der Waals surface area contributed by atoms with Gasteiger partial charge in [-0.3, -0.25) is 0 Å². The minimum absolute atomic E-state index is 0.790. The molecule has 3 heteroatoms. The van der Waals surface area contributed by atoms with E-state index in [0.29, 0.717) is 0 Å². The van der Waals surface area contributed by atoms with Gasteiger partial charge in [-0.15, -0.1) is 0 Å². The van der Waals surface area contributed by atoms with Crippen LogP contribution in [0.2, 0.25) is 0 Å². The van der Waals surface area contributed by atoms with Gasteiger partial charge in [0.1, 0.15) is 0 Å². The number of benzene rings is 1. The number of hydrogen-bond donors (Lipinski definition) is 1. The van der Waals surface area contributed by atoms with Crippen LogP contribution in [0.1, 0.15) is 18.4 Å². The monoisotopic (exact) mass is 249 g/mol. The molecule has 1 aromatic carbocycles. The maximum absolute atomic E-state index is 5.50. The first-order valence-electron chi connectivity index (χ1n) is 6.83. The lowest BCUT2D eigenvalue weighted by Crippen LogP contribution is -2.27. The van der Waals surface area contributed by atoms with Crippen LogP contribution in [-0.2, 0) is 6.54 Å². The Balaban J connectivity index is 2.12. The van der Waals surface area contributed by atoms with Crippen molar-refractivity contribution >= 4 is 0 Å². The molecule has 0 radical (unpaired) electrons. The Bertz CT molecular complexity index is 300. The summed E-state index contributed by atoms with van der Waals surface area (Å²) in [5.41, 5.74) is 6.89. The average molecular weight is 249 g/mol. The third-order valence-corrected chi connectivity index (χ3v) is 3.12.